The van der Waals surface area contributed by atoms with Crippen LogP contribution < -0.4 is 4.74 Å². The summed E-state index contributed by atoms with van der Waals surface area (Å²) in [6.45, 7) is 1.60. The number of furan rings is 1. The Kier molecular flexibility index (Phi) is 5.39. The van der Waals surface area contributed by atoms with Crippen molar-refractivity contribution in [3.8, 4) is 5.75 Å². The zero-order valence-electron chi connectivity index (χ0n) is 15.7. The fourth-order valence-corrected chi connectivity index (χ4v) is 3.79. The number of rotatable bonds is 3. The summed E-state index contributed by atoms with van der Waals surface area (Å²) in [5.74, 6) is 0.423. The van der Waals surface area contributed by atoms with Crippen molar-refractivity contribution < 1.29 is 18.7 Å². The van der Waals surface area contributed by atoms with E-state index in [4.69, 9.17) is 32.4 Å². The Morgan fingerprint density at radius 3 is 2.31 bits per heavy atom. The van der Waals surface area contributed by atoms with Crippen LogP contribution in [0.5, 0.6) is 5.75 Å². The first-order chi connectivity index (χ1) is 14.0. The van der Waals surface area contributed by atoms with Gasteiger partial charge in [0.2, 0.25) is 0 Å². The lowest BCUT2D eigenvalue weighted by Gasteiger charge is -2.34. The van der Waals surface area contributed by atoms with E-state index < -0.39 is 0 Å². The van der Waals surface area contributed by atoms with E-state index in [1.165, 1.54) is 0 Å². The summed E-state index contributed by atoms with van der Waals surface area (Å²) in [5.41, 5.74) is 0.908. The Morgan fingerprint density at radius 2 is 1.62 bits per heavy atom. The van der Waals surface area contributed by atoms with Gasteiger partial charge in [0.05, 0.1) is 22.7 Å². The van der Waals surface area contributed by atoms with E-state index in [2.05, 4.69) is 0 Å². The highest BCUT2D eigenvalue weighted by molar-refractivity contribution is 6.43. The Labute approximate surface area is 177 Å². The maximum atomic E-state index is 12.9. The number of benzene rings is 2. The average Bonchev–Trinajstić information content (AvgIpc) is 3.19. The van der Waals surface area contributed by atoms with Crippen molar-refractivity contribution in [2.75, 3.05) is 33.3 Å². The lowest BCUT2D eigenvalue weighted by molar-refractivity contribution is 0.0519. The predicted molar refractivity (Wildman–Crippen MR) is 111 cm³/mol. The van der Waals surface area contributed by atoms with E-state index >= 15 is 0 Å². The van der Waals surface area contributed by atoms with Gasteiger partial charge >= 0.3 is 0 Å². The lowest BCUT2D eigenvalue weighted by Crippen LogP contribution is -2.50. The highest BCUT2D eigenvalue weighted by Gasteiger charge is 2.28. The average molecular weight is 433 g/mol. The molecular weight excluding hydrogens is 415 g/mol. The standard InChI is InChI=1S/C21H18Cl2N2O4/c1-28-16-7-2-4-13-12-17(29-19(13)16)21(27)25-10-8-24(9-11-25)20(26)14-5-3-6-15(22)18(14)23/h2-7,12H,8-11H2,1H3. The smallest absolute Gasteiger partial charge is 0.289 e. The molecule has 1 aromatic heterocycles. The molecule has 0 spiro atoms. The minimum Gasteiger partial charge on any atom is -0.493 e. The monoisotopic (exact) mass is 432 g/mol. The van der Waals surface area contributed by atoms with Crippen molar-refractivity contribution in [2.45, 2.75) is 0 Å². The summed E-state index contributed by atoms with van der Waals surface area (Å²) < 4.78 is 11.0. The second kappa shape index (κ2) is 7.97. The van der Waals surface area contributed by atoms with Crippen molar-refractivity contribution in [3.05, 3.63) is 63.8 Å². The summed E-state index contributed by atoms with van der Waals surface area (Å²) >= 11 is 12.2. The predicted octanol–water partition coefficient (Wildman–Crippen LogP) is 4.35. The van der Waals surface area contributed by atoms with E-state index in [1.807, 2.05) is 12.1 Å². The quantitative estimate of drug-likeness (QED) is 0.617. The maximum absolute atomic E-state index is 12.9. The van der Waals surface area contributed by atoms with Gasteiger partial charge in [0.25, 0.3) is 11.8 Å². The Hall–Kier alpha value is -2.70. The highest BCUT2D eigenvalue weighted by atomic mass is 35.5. The van der Waals surface area contributed by atoms with E-state index in [9.17, 15) is 9.59 Å². The molecule has 3 aromatic rings. The van der Waals surface area contributed by atoms with Crippen LogP contribution in [0, 0.1) is 0 Å². The Balaban J connectivity index is 1.46. The molecule has 2 aromatic carbocycles. The van der Waals surface area contributed by atoms with E-state index in [1.54, 1.807) is 47.2 Å². The molecule has 0 N–H and O–H groups in total. The van der Waals surface area contributed by atoms with Gasteiger partial charge in [-0.3, -0.25) is 9.59 Å². The summed E-state index contributed by atoms with van der Waals surface area (Å²) in [5, 5.41) is 1.39. The van der Waals surface area contributed by atoms with Crippen molar-refractivity contribution >= 4 is 46.0 Å². The van der Waals surface area contributed by atoms with Crippen molar-refractivity contribution in [1.82, 2.24) is 9.80 Å². The first-order valence-corrected chi connectivity index (χ1v) is 9.84. The molecule has 4 rings (SSSR count). The second-order valence-corrected chi connectivity index (χ2v) is 7.46. The van der Waals surface area contributed by atoms with Crippen LogP contribution in [0.4, 0.5) is 0 Å². The number of methoxy groups -OCH3 is 1. The molecule has 0 unspecified atom stereocenters. The highest BCUT2D eigenvalue weighted by Crippen LogP contribution is 2.30. The third kappa shape index (κ3) is 3.66. The number of nitrogens with zero attached hydrogens (tertiary/aromatic N) is 2. The molecule has 1 aliphatic heterocycles. The van der Waals surface area contributed by atoms with Gasteiger partial charge in [-0.1, -0.05) is 41.4 Å². The number of carbonyl (C=O) groups is 2. The number of fused-ring (bicyclic) bond motifs is 1. The number of halogens is 2. The first kappa shape index (κ1) is 19.6. The number of hydrogen-bond donors (Lipinski definition) is 0. The maximum Gasteiger partial charge on any atom is 0.289 e. The second-order valence-electron chi connectivity index (χ2n) is 6.68. The summed E-state index contributed by atoms with van der Waals surface area (Å²) in [6.07, 6.45) is 0. The van der Waals surface area contributed by atoms with Crippen molar-refractivity contribution in [3.63, 3.8) is 0 Å². The van der Waals surface area contributed by atoms with Gasteiger partial charge < -0.3 is 19.0 Å². The van der Waals surface area contributed by atoms with Gasteiger partial charge in [-0.05, 0) is 24.3 Å². The normalized spacial score (nSPS) is 14.3. The number of amides is 2. The number of hydrogen-bond acceptors (Lipinski definition) is 4. The molecule has 0 saturated carbocycles. The zero-order valence-corrected chi connectivity index (χ0v) is 17.2. The molecule has 0 atom stereocenters. The zero-order chi connectivity index (χ0) is 20.5. The van der Waals surface area contributed by atoms with Crippen molar-refractivity contribution in [1.29, 1.82) is 0 Å². The van der Waals surface area contributed by atoms with Crippen LogP contribution in [-0.2, 0) is 0 Å². The van der Waals surface area contributed by atoms with Gasteiger partial charge in [-0.25, -0.2) is 0 Å². The molecule has 2 heterocycles. The number of piperazine rings is 1. The molecule has 150 valence electrons. The van der Waals surface area contributed by atoms with Gasteiger partial charge in [-0.2, -0.15) is 0 Å². The molecule has 1 aliphatic rings. The fraction of sp³-hybridized carbons (Fsp3) is 0.238. The van der Waals surface area contributed by atoms with E-state index in [-0.39, 0.29) is 22.6 Å². The first-order valence-electron chi connectivity index (χ1n) is 9.08. The van der Waals surface area contributed by atoms with Crippen LogP contribution in [0.1, 0.15) is 20.9 Å². The van der Waals surface area contributed by atoms with Gasteiger partial charge in [-0.15, -0.1) is 0 Å². The van der Waals surface area contributed by atoms with Crippen LogP contribution in [0.3, 0.4) is 0 Å². The molecule has 6 nitrogen and oxygen atoms in total. The van der Waals surface area contributed by atoms with Gasteiger partial charge in [0.1, 0.15) is 0 Å². The van der Waals surface area contributed by atoms with Crippen LogP contribution in [-0.4, -0.2) is 54.9 Å². The molecule has 1 saturated heterocycles. The topological polar surface area (TPSA) is 63.0 Å². The minimum atomic E-state index is -0.212. The summed E-state index contributed by atoms with van der Waals surface area (Å²) in [4.78, 5) is 29.0. The lowest BCUT2D eigenvalue weighted by atomic mass is 10.1. The molecule has 1 fully saturated rings. The van der Waals surface area contributed by atoms with Crippen LogP contribution in [0.15, 0.2) is 46.9 Å². The van der Waals surface area contributed by atoms with Gasteiger partial charge in [0.15, 0.2) is 17.1 Å². The fourth-order valence-electron chi connectivity index (χ4n) is 3.41. The molecule has 2 amide bonds. The molecule has 0 radical (unpaired) electrons. The molecule has 29 heavy (non-hydrogen) atoms. The summed E-state index contributed by atoms with van der Waals surface area (Å²) in [6, 6.07) is 12.2. The molecule has 0 bridgehead atoms. The third-order valence-electron chi connectivity index (χ3n) is 4.97. The molecule has 8 heteroatoms. The van der Waals surface area contributed by atoms with Crippen LogP contribution >= 0.6 is 23.2 Å². The Morgan fingerprint density at radius 1 is 0.966 bits per heavy atom. The minimum absolute atomic E-state index is 0.196. The summed E-state index contributed by atoms with van der Waals surface area (Å²) in [7, 11) is 1.56. The van der Waals surface area contributed by atoms with E-state index in [0.29, 0.717) is 48.1 Å². The van der Waals surface area contributed by atoms with E-state index in [0.717, 1.165) is 5.39 Å². The number of para-hydroxylation sites is 1. The molecule has 0 aliphatic carbocycles. The van der Waals surface area contributed by atoms with Crippen molar-refractivity contribution in [2.24, 2.45) is 0 Å². The molecular formula is C21H18Cl2N2O4. The third-order valence-corrected chi connectivity index (χ3v) is 5.79. The SMILES string of the molecule is COc1cccc2cc(C(=O)N3CCN(C(=O)c4cccc(Cl)c4Cl)CC3)oc12. The van der Waals surface area contributed by atoms with Gasteiger partial charge in [0, 0.05) is 31.6 Å². The Bertz CT molecular complexity index is 1090. The largest absolute Gasteiger partial charge is 0.493 e. The van der Waals surface area contributed by atoms with Crippen LogP contribution in [0.25, 0.3) is 11.0 Å². The number of carbonyl (C=O) groups excluding carboxylic acids is 2. The number of ether oxygens (including phenoxy) is 1. The van der Waals surface area contributed by atoms with Crippen LogP contribution in [0.2, 0.25) is 10.0 Å².